The normalized spacial score (nSPS) is 34.3. The van der Waals surface area contributed by atoms with Crippen LogP contribution in [0.5, 0.6) is 0 Å². The van der Waals surface area contributed by atoms with Crippen LogP contribution in [-0.2, 0) is 6.42 Å². The molecule has 2 fully saturated rings. The smallest absolute Gasteiger partial charge is 0.0409 e. The molecule has 0 amide bonds. The van der Waals surface area contributed by atoms with E-state index in [2.05, 4.69) is 22.3 Å². The van der Waals surface area contributed by atoms with Gasteiger partial charge in [0.15, 0.2) is 0 Å². The second-order valence-corrected chi connectivity index (χ2v) is 6.74. The van der Waals surface area contributed by atoms with Crippen LogP contribution in [0.15, 0.2) is 18.2 Å². The van der Waals surface area contributed by atoms with Gasteiger partial charge in [-0.15, -0.1) is 0 Å². The Morgan fingerprint density at radius 3 is 3.21 bits per heavy atom. The summed E-state index contributed by atoms with van der Waals surface area (Å²) in [6, 6.07) is 7.79. The number of benzene rings is 1. The lowest BCUT2D eigenvalue weighted by Gasteiger charge is -2.49. The first-order chi connectivity index (χ1) is 9.31. The molecule has 4 rings (SSSR count). The molecule has 0 unspecified atom stereocenters. The predicted octanol–water partition coefficient (Wildman–Crippen LogP) is 3.01. The second-order valence-electron chi connectivity index (χ2n) is 6.30. The van der Waals surface area contributed by atoms with Gasteiger partial charge in [-0.05, 0) is 61.4 Å². The van der Waals surface area contributed by atoms with Gasteiger partial charge >= 0.3 is 0 Å². The van der Waals surface area contributed by atoms with Gasteiger partial charge in [-0.1, -0.05) is 17.7 Å². The fraction of sp³-hybridized carbons (Fsp3) is 0.625. The van der Waals surface area contributed by atoms with Gasteiger partial charge < -0.3 is 5.32 Å². The SMILES string of the molecule is Clc1ccc2c(c1)[C@@H]1C[C@@H]3NCCC[C@@H]3CN1CC2. The summed E-state index contributed by atoms with van der Waals surface area (Å²) in [5.74, 6) is 0.866. The van der Waals surface area contributed by atoms with E-state index in [0.717, 1.165) is 17.0 Å². The van der Waals surface area contributed by atoms with E-state index >= 15 is 0 Å². The summed E-state index contributed by atoms with van der Waals surface area (Å²) in [6.45, 7) is 3.70. The lowest BCUT2D eigenvalue weighted by molar-refractivity contribution is 0.0552. The zero-order valence-corrected chi connectivity index (χ0v) is 12.0. The van der Waals surface area contributed by atoms with E-state index in [1.165, 1.54) is 56.4 Å². The molecule has 0 bridgehead atoms. The maximum atomic E-state index is 6.21. The number of nitrogens with zero attached hydrogens (tertiary/aromatic N) is 1. The quantitative estimate of drug-likeness (QED) is 0.784. The Hall–Kier alpha value is -0.570. The molecule has 3 heterocycles. The zero-order valence-electron chi connectivity index (χ0n) is 11.2. The van der Waals surface area contributed by atoms with Crippen LogP contribution in [0.1, 0.15) is 36.4 Å². The van der Waals surface area contributed by atoms with E-state index in [1.807, 2.05) is 6.07 Å². The molecule has 0 radical (unpaired) electrons. The van der Waals surface area contributed by atoms with Crippen LogP contribution in [0.2, 0.25) is 5.02 Å². The first-order valence-corrected chi connectivity index (χ1v) is 7.95. The van der Waals surface area contributed by atoms with Gasteiger partial charge in [0.05, 0.1) is 0 Å². The maximum absolute atomic E-state index is 6.21. The first kappa shape index (κ1) is 12.2. The number of fused-ring (bicyclic) bond motifs is 4. The molecule has 19 heavy (non-hydrogen) atoms. The second kappa shape index (κ2) is 4.76. The Kier molecular flexibility index (Phi) is 3.06. The van der Waals surface area contributed by atoms with E-state index in [0.29, 0.717) is 6.04 Å². The number of rotatable bonds is 0. The monoisotopic (exact) mass is 276 g/mol. The van der Waals surface area contributed by atoms with Crippen molar-refractivity contribution in [2.24, 2.45) is 5.92 Å². The Morgan fingerprint density at radius 1 is 1.32 bits per heavy atom. The van der Waals surface area contributed by atoms with Crippen molar-refractivity contribution in [1.82, 2.24) is 10.2 Å². The van der Waals surface area contributed by atoms with Crippen LogP contribution in [0.4, 0.5) is 0 Å². The molecular weight excluding hydrogens is 256 g/mol. The van der Waals surface area contributed by atoms with Crippen LogP contribution in [0, 0.1) is 5.92 Å². The van der Waals surface area contributed by atoms with Crippen LogP contribution < -0.4 is 5.32 Å². The highest BCUT2D eigenvalue weighted by molar-refractivity contribution is 6.30. The molecule has 102 valence electrons. The molecule has 1 aromatic carbocycles. The fourth-order valence-electron chi connectivity index (χ4n) is 4.27. The summed E-state index contributed by atoms with van der Waals surface area (Å²) < 4.78 is 0. The molecule has 3 aliphatic rings. The van der Waals surface area contributed by atoms with Crippen LogP contribution in [0.3, 0.4) is 0 Å². The molecule has 2 saturated heterocycles. The molecule has 0 aliphatic carbocycles. The van der Waals surface area contributed by atoms with Crippen molar-refractivity contribution in [1.29, 1.82) is 0 Å². The molecule has 0 spiro atoms. The average Bonchev–Trinajstić information content (AvgIpc) is 2.45. The fourth-order valence-corrected chi connectivity index (χ4v) is 4.45. The zero-order chi connectivity index (χ0) is 12.8. The summed E-state index contributed by atoms with van der Waals surface area (Å²) in [4.78, 5) is 2.70. The molecule has 3 atom stereocenters. The Bertz CT molecular complexity index is 488. The van der Waals surface area contributed by atoms with Gasteiger partial charge in [0.1, 0.15) is 0 Å². The minimum atomic E-state index is 0.592. The van der Waals surface area contributed by atoms with Gasteiger partial charge in [0.25, 0.3) is 0 Å². The highest BCUT2D eigenvalue weighted by Crippen LogP contribution is 2.41. The molecule has 0 saturated carbocycles. The minimum absolute atomic E-state index is 0.592. The van der Waals surface area contributed by atoms with Crippen molar-refractivity contribution < 1.29 is 0 Å². The van der Waals surface area contributed by atoms with Gasteiger partial charge in [-0.2, -0.15) is 0 Å². The highest BCUT2D eigenvalue weighted by atomic mass is 35.5. The Morgan fingerprint density at radius 2 is 2.26 bits per heavy atom. The molecule has 2 nitrogen and oxygen atoms in total. The number of hydrogen-bond acceptors (Lipinski definition) is 2. The standard InChI is InChI=1S/C16H21ClN2/c17-13-4-3-11-5-7-19-10-12-2-1-6-18-15(12)9-16(19)14(11)8-13/h3-4,8,12,15-16,18H,1-2,5-7,9-10H2/t12-,15+,16+/m1/s1. The maximum Gasteiger partial charge on any atom is 0.0409 e. The van der Waals surface area contributed by atoms with Crippen LogP contribution >= 0.6 is 11.6 Å². The van der Waals surface area contributed by atoms with Crippen molar-refractivity contribution in [3.8, 4) is 0 Å². The summed E-state index contributed by atoms with van der Waals surface area (Å²) in [6.07, 6.45) is 5.21. The molecule has 3 heteroatoms. The van der Waals surface area contributed by atoms with Gasteiger partial charge in [0, 0.05) is 30.2 Å². The molecule has 0 aromatic heterocycles. The summed E-state index contributed by atoms with van der Waals surface area (Å²) >= 11 is 6.21. The Labute approximate surface area is 120 Å². The number of halogens is 1. The lowest BCUT2D eigenvalue weighted by Crippen LogP contribution is -2.54. The average molecular weight is 277 g/mol. The van der Waals surface area contributed by atoms with E-state index in [9.17, 15) is 0 Å². The minimum Gasteiger partial charge on any atom is -0.314 e. The van der Waals surface area contributed by atoms with Crippen LogP contribution in [-0.4, -0.2) is 30.6 Å². The first-order valence-electron chi connectivity index (χ1n) is 7.57. The summed E-state index contributed by atoms with van der Waals surface area (Å²) in [5.41, 5.74) is 3.00. The van der Waals surface area contributed by atoms with Crippen molar-refractivity contribution in [3.05, 3.63) is 34.3 Å². The van der Waals surface area contributed by atoms with Gasteiger partial charge in [-0.25, -0.2) is 0 Å². The van der Waals surface area contributed by atoms with Crippen molar-refractivity contribution in [3.63, 3.8) is 0 Å². The third-order valence-electron chi connectivity index (χ3n) is 5.25. The van der Waals surface area contributed by atoms with Gasteiger partial charge in [0.2, 0.25) is 0 Å². The largest absolute Gasteiger partial charge is 0.314 e. The number of hydrogen-bond donors (Lipinski definition) is 1. The molecular formula is C16H21ClN2. The Balaban J connectivity index is 1.66. The molecule has 1 aromatic rings. The molecule has 1 N–H and O–H groups in total. The number of nitrogens with one attached hydrogen (secondary N) is 1. The van der Waals surface area contributed by atoms with Crippen molar-refractivity contribution >= 4 is 11.6 Å². The van der Waals surface area contributed by atoms with E-state index in [4.69, 9.17) is 11.6 Å². The summed E-state index contributed by atoms with van der Waals surface area (Å²) in [5, 5.41) is 4.63. The number of piperidine rings is 2. The van der Waals surface area contributed by atoms with E-state index in [-0.39, 0.29) is 0 Å². The predicted molar refractivity (Wildman–Crippen MR) is 78.6 cm³/mol. The van der Waals surface area contributed by atoms with E-state index < -0.39 is 0 Å². The van der Waals surface area contributed by atoms with Gasteiger partial charge in [-0.3, -0.25) is 4.90 Å². The van der Waals surface area contributed by atoms with Crippen molar-refractivity contribution in [2.75, 3.05) is 19.6 Å². The van der Waals surface area contributed by atoms with Crippen LogP contribution in [0.25, 0.3) is 0 Å². The lowest BCUT2D eigenvalue weighted by atomic mass is 9.77. The third-order valence-corrected chi connectivity index (χ3v) is 5.48. The third kappa shape index (κ3) is 2.10. The van der Waals surface area contributed by atoms with Crippen molar-refractivity contribution in [2.45, 2.75) is 37.8 Å². The summed E-state index contributed by atoms with van der Waals surface area (Å²) in [7, 11) is 0. The molecule has 3 aliphatic heterocycles. The highest BCUT2D eigenvalue weighted by Gasteiger charge is 2.39. The topological polar surface area (TPSA) is 15.3 Å². The van der Waals surface area contributed by atoms with E-state index in [1.54, 1.807) is 0 Å².